The number of carbonyl (C=O) groups is 2. The summed E-state index contributed by atoms with van der Waals surface area (Å²) in [6, 6.07) is -0.219. The van der Waals surface area contributed by atoms with E-state index < -0.39 is 66.1 Å². The van der Waals surface area contributed by atoms with Crippen molar-refractivity contribution in [3.8, 4) is 0 Å². The number of aliphatic hydroxyl groups is 3. The minimum atomic E-state index is -1.50. The van der Waals surface area contributed by atoms with E-state index in [1.54, 1.807) is 39.6 Å². The fourth-order valence-electron chi connectivity index (χ4n) is 7.97. The molecule has 0 aromatic rings. The van der Waals surface area contributed by atoms with Crippen LogP contribution < -0.4 is 5.32 Å². The minimum Gasteiger partial charge on any atom is -0.387 e. The van der Waals surface area contributed by atoms with Gasteiger partial charge in [0, 0.05) is 52.0 Å². The molecule has 2 amide bonds. The Morgan fingerprint density at radius 3 is 2.35 bits per heavy atom. The molecule has 48 heavy (non-hydrogen) atoms. The number of hydrogen-bond acceptors (Lipinski definition) is 11. The maximum atomic E-state index is 13.7. The fraction of sp³-hybridized carbons (Fsp3) is 0.943. The normalized spacial score (nSPS) is 44.4. The summed E-state index contributed by atoms with van der Waals surface area (Å²) < 4.78 is 31.4. The lowest BCUT2D eigenvalue weighted by Gasteiger charge is -2.49. The van der Waals surface area contributed by atoms with Crippen molar-refractivity contribution >= 4 is 11.8 Å². The summed E-state index contributed by atoms with van der Waals surface area (Å²) in [5, 5.41) is 37.7. The lowest BCUT2D eigenvalue weighted by atomic mass is 9.77. The second-order valence-corrected chi connectivity index (χ2v) is 15.3. The largest absolute Gasteiger partial charge is 0.387 e. The van der Waals surface area contributed by atoms with Crippen LogP contribution in [0.3, 0.4) is 0 Å². The first-order chi connectivity index (χ1) is 22.3. The highest BCUT2D eigenvalue weighted by Gasteiger charge is 2.51. The first-order valence-electron chi connectivity index (χ1n) is 17.8. The van der Waals surface area contributed by atoms with Crippen LogP contribution in [0.5, 0.6) is 0 Å². The van der Waals surface area contributed by atoms with Crippen LogP contribution in [-0.2, 0) is 33.3 Å². The number of methoxy groups -OCH3 is 1. The summed E-state index contributed by atoms with van der Waals surface area (Å²) in [5.74, 6) is -1.96. The molecule has 0 aromatic carbocycles. The Bertz CT molecular complexity index is 1050. The van der Waals surface area contributed by atoms with Crippen molar-refractivity contribution in [3.05, 3.63) is 0 Å². The van der Waals surface area contributed by atoms with Gasteiger partial charge < -0.3 is 54.1 Å². The van der Waals surface area contributed by atoms with Crippen LogP contribution in [0.25, 0.3) is 0 Å². The van der Waals surface area contributed by atoms with Gasteiger partial charge in [0.15, 0.2) is 12.6 Å². The Morgan fingerprint density at radius 1 is 1.06 bits per heavy atom. The van der Waals surface area contributed by atoms with E-state index in [-0.39, 0.29) is 55.7 Å². The number of ether oxygens (including phenoxy) is 5. The summed E-state index contributed by atoms with van der Waals surface area (Å²) in [5.41, 5.74) is -2.46. The van der Waals surface area contributed by atoms with Gasteiger partial charge in [0.25, 0.3) is 0 Å². The number of aliphatic hydroxyl groups excluding tert-OH is 2. The third-order valence-corrected chi connectivity index (χ3v) is 10.7. The zero-order valence-electron chi connectivity index (χ0n) is 31.2. The van der Waals surface area contributed by atoms with Gasteiger partial charge in [-0.2, -0.15) is 0 Å². The van der Waals surface area contributed by atoms with Gasteiger partial charge in [0.1, 0.15) is 12.2 Å². The van der Waals surface area contributed by atoms with Crippen LogP contribution >= 0.6 is 0 Å². The lowest BCUT2D eigenvalue weighted by Crippen LogP contribution is -2.61. The van der Waals surface area contributed by atoms with E-state index >= 15 is 0 Å². The molecule has 0 aliphatic carbocycles. The molecule has 3 fully saturated rings. The molecule has 0 bridgehead atoms. The molecule has 0 radical (unpaired) electrons. The molecule has 0 aromatic heterocycles. The topological polar surface area (TPSA) is 159 Å². The highest BCUT2D eigenvalue weighted by molar-refractivity contribution is 5.80. The summed E-state index contributed by atoms with van der Waals surface area (Å²) in [6.45, 7) is 16.2. The standard InChI is InChI=1S/C35H65N3O10/c1-12-15-37(9)25-16-21(3)45-33(28(25)40)48-31-22(4)29(47-27-18-35(8,44-11)30(41)24(6)46-27)23(5)32(42)36-14-13-26(39)38(10)19-20(2)17-34(31,7)43/h20-25,27-31,33,40-41,43H,12-19H2,1-11H3,(H,36,42)/t20-,21-,22+,23?,24+,25+,27+,28-,29?,30+,31-,33+,34?,35-/m1/s1. The molecule has 13 nitrogen and oxygen atoms in total. The van der Waals surface area contributed by atoms with E-state index in [4.69, 9.17) is 23.7 Å². The van der Waals surface area contributed by atoms with E-state index in [1.807, 2.05) is 27.8 Å². The van der Waals surface area contributed by atoms with Crippen molar-refractivity contribution in [2.75, 3.05) is 40.8 Å². The van der Waals surface area contributed by atoms with Gasteiger partial charge in [0.05, 0.1) is 41.5 Å². The molecule has 4 N–H and O–H groups in total. The van der Waals surface area contributed by atoms with Crippen LogP contribution in [0.1, 0.15) is 87.5 Å². The SMILES string of the molecule is CCCN(C)[C@H]1C[C@@H](C)O[C@@H](O[C@@H]2[C@@H](C)C(O[C@H]3C[C@@](C)(OC)[C@@H](O)[C@H](C)O3)C(C)C(=O)NCCC(=O)N(C)C[C@H](C)CC2(C)O)[C@@H]1O. The van der Waals surface area contributed by atoms with Gasteiger partial charge in [-0.1, -0.05) is 27.7 Å². The zero-order chi connectivity index (χ0) is 36.1. The Kier molecular flexibility index (Phi) is 14.7. The van der Waals surface area contributed by atoms with Gasteiger partial charge in [-0.3, -0.25) is 9.59 Å². The van der Waals surface area contributed by atoms with Crippen LogP contribution in [0.2, 0.25) is 0 Å². The summed E-state index contributed by atoms with van der Waals surface area (Å²) in [7, 11) is 5.23. The monoisotopic (exact) mass is 687 g/mol. The fourth-order valence-corrected chi connectivity index (χ4v) is 7.97. The molecule has 0 saturated carbocycles. The van der Waals surface area contributed by atoms with E-state index in [9.17, 15) is 24.9 Å². The molecule has 3 rings (SSSR count). The smallest absolute Gasteiger partial charge is 0.225 e. The van der Waals surface area contributed by atoms with E-state index in [0.717, 1.165) is 13.0 Å². The van der Waals surface area contributed by atoms with Gasteiger partial charge >= 0.3 is 0 Å². The van der Waals surface area contributed by atoms with Crippen molar-refractivity contribution < 1.29 is 48.6 Å². The molecule has 0 spiro atoms. The van der Waals surface area contributed by atoms with Crippen molar-refractivity contribution in [1.29, 1.82) is 0 Å². The average molecular weight is 688 g/mol. The number of amides is 2. The first-order valence-corrected chi connectivity index (χ1v) is 17.8. The zero-order valence-corrected chi connectivity index (χ0v) is 31.2. The Balaban J connectivity index is 2.06. The molecular weight excluding hydrogens is 622 g/mol. The van der Waals surface area contributed by atoms with Crippen molar-refractivity contribution in [1.82, 2.24) is 15.1 Å². The molecule has 3 aliphatic rings. The van der Waals surface area contributed by atoms with Crippen LogP contribution in [0.15, 0.2) is 0 Å². The van der Waals surface area contributed by atoms with Crippen molar-refractivity contribution in [3.63, 3.8) is 0 Å². The highest BCUT2D eigenvalue weighted by Crippen LogP contribution is 2.39. The minimum absolute atomic E-state index is 0.113. The maximum Gasteiger partial charge on any atom is 0.225 e. The van der Waals surface area contributed by atoms with Gasteiger partial charge in [-0.05, 0) is 66.5 Å². The van der Waals surface area contributed by atoms with Gasteiger partial charge in [-0.25, -0.2) is 0 Å². The number of nitrogens with zero attached hydrogens (tertiary/aromatic N) is 2. The highest BCUT2D eigenvalue weighted by atomic mass is 16.7. The van der Waals surface area contributed by atoms with Crippen molar-refractivity contribution in [2.24, 2.45) is 17.8 Å². The van der Waals surface area contributed by atoms with E-state index in [2.05, 4.69) is 17.1 Å². The Morgan fingerprint density at radius 2 is 1.73 bits per heavy atom. The third kappa shape index (κ3) is 9.88. The van der Waals surface area contributed by atoms with Gasteiger partial charge in [0.2, 0.25) is 11.8 Å². The number of nitrogens with one attached hydrogen (secondary N) is 1. The molecule has 3 heterocycles. The predicted octanol–water partition coefficient (Wildman–Crippen LogP) is 1.89. The van der Waals surface area contributed by atoms with Crippen LogP contribution in [0.4, 0.5) is 0 Å². The quantitative estimate of drug-likeness (QED) is 0.295. The van der Waals surface area contributed by atoms with Crippen molar-refractivity contribution in [2.45, 2.75) is 154 Å². The summed E-state index contributed by atoms with van der Waals surface area (Å²) in [4.78, 5) is 30.3. The van der Waals surface area contributed by atoms with Crippen LogP contribution in [-0.4, -0.2) is 144 Å². The van der Waals surface area contributed by atoms with E-state index in [0.29, 0.717) is 13.0 Å². The Hall–Kier alpha value is -1.42. The molecule has 3 unspecified atom stereocenters. The average Bonchev–Trinajstić information content (AvgIpc) is 3.00. The third-order valence-electron chi connectivity index (χ3n) is 10.7. The molecule has 280 valence electrons. The Labute approximate surface area is 287 Å². The summed E-state index contributed by atoms with van der Waals surface area (Å²) >= 11 is 0. The molecule has 14 atom stereocenters. The van der Waals surface area contributed by atoms with E-state index in [1.165, 1.54) is 7.11 Å². The summed E-state index contributed by atoms with van der Waals surface area (Å²) in [6.07, 6.45) is -4.34. The first kappa shape index (κ1) is 41.0. The molecular formula is C35H65N3O10. The number of rotatable bonds is 8. The maximum absolute atomic E-state index is 13.7. The number of likely N-dealkylation sites (N-methyl/N-ethyl adjacent to an activating group) is 1. The molecule has 3 aliphatic heterocycles. The lowest BCUT2D eigenvalue weighted by molar-refractivity contribution is -0.317. The second kappa shape index (κ2) is 17.2. The number of carbonyl (C=O) groups excluding carboxylic acids is 2. The molecule has 3 saturated heterocycles. The van der Waals surface area contributed by atoms with Crippen LogP contribution in [0, 0.1) is 17.8 Å². The number of hydrogen-bond donors (Lipinski definition) is 4. The molecule has 13 heteroatoms. The predicted molar refractivity (Wildman–Crippen MR) is 180 cm³/mol. The second-order valence-electron chi connectivity index (χ2n) is 15.3. The van der Waals surface area contributed by atoms with Gasteiger partial charge in [-0.15, -0.1) is 0 Å².